The van der Waals surface area contributed by atoms with Gasteiger partial charge in [0.15, 0.2) is 0 Å². The van der Waals surface area contributed by atoms with Gasteiger partial charge in [0.1, 0.15) is 0 Å². The summed E-state index contributed by atoms with van der Waals surface area (Å²) in [6, 6.07) is 5.08. The van der Waals surface area contributed by atoms with Crippen LogP contribution >= 0.6 is 27.5 Å². The van der Waals surface area contributed by atoms with Crippen LogP contribution in [-0.4, -0.2) is 25.8 Å². The number of hydrogen-bond acceptors (Lipinski definition) is 2. The second-order valence-electron chi connectivity index (χ2n) is 4.81. The molecule has 0 atom stereocenters. The fourth-order valence-electron chi connectivity index (χ4n) is 2.00. The highest BCUT2D eigenvalue weighted by molar-refractivity contribution is 9.10. The Morgan fingerprint density at radius 2 is 2.00 bits per heavy atom. The van der Waals surface area contributed by atoms with Gasteiger partial charge in [-0.2, -0.15) is 12.7 Å². The van der Waals surface area contributed by atoms with Crippen molar-refractivity contribution in [2.24, 2.45) is 5.92 Å². The maximum absolute atomic E-state index is 12.3. The molecule has 1 aliphatic rings. The van der Waals surface area contributed by atoms with Gasteiger partial charge < -0.3 is 0 Å². The molecule has 106 valence electrons. The maximum Gasteiger partial charge on any atom is 0.301 e. The van der Waals surface area contributed by atoms with E-state index in [9.17, 15) is 8.42 Å². The summed E-state index contributed by atoms with van der Waals surface area (Å²) in [5.41, 5.74) is 0.398. The molecule has 0 aromatic heterocycles. The zero-order chi connectivity index (χ0) is 14.0. The summed E-state index contributed by atoms with van der Waals surface area (Å²) >= 11 is 9.30. The van der Waals surface area contributed by atoms with Crippen LogP contribution in [0, 0.1) is 5.92 Å². The monoisotopic (exact) mass is 366 g/mol. The van der Waals surface area contributed by atoms with Gasteiger partial charge in [0.2, 0.25) is 0 Å². The number of nitrogens with one attached hydrogen (secondary N) is 1. The molecule has 1 fully saturated rings. The maximum atomic E-state index is 12.3. The SMILES string of the molecule is CC1CCN(S(=O)(=O)Nc2cc(Br)ccc2Cl)CC1. The van der Waals surface area contributed by atoms with Crippen LogP contribution < -0.4 is 4.72 Å². The molecule has 1 saturated heterocycles. The van der Waals surface area contributed by atoms with Crippen LogP contribution in [0.3, 0.4) is 0 Å². The lowest BCUT2D eigenvalue weighted by Crippen LogP contribution is -2.41. The lowest BCUT2D eigenvalue weighted by Gasteiger charge is -2.29. The molecular formula is C12H16BrClN2O2S. The van der Waals surface area contributed by atoms with E-state index >= 15 is 0 Å². The Balaban J connectivity index is 2.15. The Kier molecular flexibility index (Phi) is 4.76. The number of halogens is 2. The number of anilines is 1. The summed E-state index contributed by atoms with van der Waals surface area (Å²) in [5, 5.41) is 0.386. The molecule has 0 amide bonds. The standard InChI is InChI=1S/C12H16BrClN2O2S/c1-9-4-6-16(7-5-9)19(17,18)15-12-8-10(13)2-3-11(12)14/h2-3,8-9,15H,4-7H2,1H3. The molecule has 4 nitrogen and oxygen atoms in total. The topological polar surface area (TPSA) is 49.4 Å². The second kappa shape index (κ2) is 5.99. The first-order chi connectivity index (χ1) is 8.88. The summed E-state index contributed by atoms with van der Waals surface area (Å²) in [6.45, 7) is 3.26. The van der Waals surface area contributed by atoms with Gasteiger partial charge >= 0.3 is 10.2 Å². The van der Waals surface area contributed by atoms with Crippen LogP contribution in [0.2, 0.25) is 5.02 Å². The van der Waals surface area contributed by atoms with Gasteiger partial charge in [0, 0.05) is 17.6 Å². The highest BCUT2D eigenvalue weighted by atomic mass is 79.9. The summed E-state index contributed by atoms with van der Waals surface area (Å²) in [7, 11) is -3.52. The Bertz CT molecular complexity index is 557. The van der Waals surface area contributed by atoms with E-state index < -0.39 is 10.2 Å². The molecule has 0 aliphatic carbocycles. The van der Waals surface area contributed by atoms with Gasteiger partial charge in [-0.25, -0.2) is 0 Å². The predicted octanol–water partition coefficient (Wildman–Crippen LogP) is 3.49. The molecule has 1 aliphatic heterocycles. The van der Waals surface area contributed by atoms with Crippen molar-refractivity contribution in [3.05, 3.63) is 27.7 Å². The van der Waals surface area contributed by atoms with E-state index in [4.69, 9.17) is 11.6 Å². The van der Waals surface area contributed by atoms with Crippen molar-refractivity contribution in [1.82, 2.24) is 4.31 Å². The van der Waals surface area contributed by atoms with Gasteiger partial charge in [0.25, 0.3) is 0 Å². The largest absolute Gasteiger partial charge is 0.301 e. The second-order valence-corrected chi connectivity index (χ2v) is 7.81. The van der Waals surface area contributed by atoms with E-state index in [0.717, 1.165) is 17.3 Å². The van der Waals surface area contributed by atoms with Crippen molar-refractivity contribution in [3.8, 4) is 0 Å². The van der Waals surface area contributed by atoms with Crippen molar-refractivity contribution in [2.45, 2.75) is 19.8 Å². The molecular weight excluding hydrogens is 352 g/mol. The van der Waals surface area contributed by atoms with Crippen LogP contribution in [0.15, 0.2) is 22.7 Å². The van der Waals surface area contributed by atoms with Crippen molar-refractivity contribution < 1.29 is 8.42 Å². The summed E-state index contributed by atoms with van der Waals surface area (Å²) < 4.78 is 29.3. The average molecular weight is 368 g/mol. The van der Waals surface area contributed by atoms with Crippen LogP contribution in [0.1, 0.15) is 19.8 Å². The normalized spacial score (nSPS) is 18.5. The van der Waals surface area contributed by atoms with Gasteiger partial charge in [-0.3, -0.25) is 4.72 Å². The minimum absolute atomic E-state index is 0.386. The van der Waals surface area contributed by atoms with E-state index in [2.05, 4.69) is 27.6 Å². The Labute approximate surface area is 127 Å². The third-order valence-corrected chi connectivity index (χ3v) is 5.60. The minimum atomic E-state index is -3.52. The number of hydrogen-bond donors (Lipinski definition) is 1. The minimum Gasteiger partial charge on any atom is -0.269 e. The molecule has 1 aromatic carbocycles. The molecule has 19 heavy (non-hydrogen) atoms. The molecule has 0 saturated carbocycles. The quantitative estimate of drug-likeness (QED) is 0.889. The highest BCUT2D eigenvalue weighted by Crippen LogP contribution is 2.28. The van der Waals surface area contributed by atoms with E-state index in [1.54, 1.807) is 18.2 Å². The van der Waals surface area contributed by atoms with Crippen LogP contribution in [0.5, 0.6) is 0 Å². The Morgan fingerprint density at radius 1 is 1.37 bits per heavy atom. The molecule has 0 bridgehead atoms. The molecule has 1 heterocycles. The van der Waals surface area contributed by atoms with Gasteiger partial charge in [-0.1, -0.05) is 34.5 Å². The van der Waals surface area contributed by atoms with Crippen molar-refractivity contribution >= 4 is 43.4 Å². The zero-order valence-corrected chi connectivity index (χ0v) is 13.7. The van der Waals surface area contributed by atoms with Crippen molar-refractivity contribution in [1.29, 1.82) is 0 Å². The van der Waals surface area contributed by atoms with E-state index in [1.807, 2.05) is 0 Å². The lowest BCUT2D eigenvalue weighted by atomic mass is 10.0. The smallest absolute Gasteiger partial charge is 0.269 e. The third kappa shape index (κ3) is 3.84. The zero-order valence-electron chi connectivity index (χ0n) is 10.6. The van der Waals surface area contributed by atoms with E-state index in [1.165, 1.54) is 4.31 Å². The molecule has 2 rings (SSSR count). The molecule has 0 unspecified atom stereocenters. The predicted molar refractivity (Wildman–Crippen MR) is 81.7 cm³/mol. The first-order valence-corrected chi connectivity index (χ1v) is 8.72. The first-order valence-electron chi connectivity index (χ1n) is 6.11. The summed E-state index contributed by atoms with van der Waals surface area (Å²) in [5.74, 6) is 0.584. The van der Waals surface area contributed by atoms with Gasteiger partial charge in [-0.15, -0.1) is 0 Å². The average Bonchev–Trinajstić information content (AvgIpc) is 2.34. The van der Waals surface area contributed by atoms with Crippen LogP contribution in [0.25, 0.3) is 0 Å². The fourth-order valence-corrected chi connectivity index (χ4v) is 3.85. The molecule has 1 aromatic rings. The van der Waals surface area contributed by atoms with E-state index in [-0.39, 0.29) is 0 Å². The molecule has 7 heteroatoms. The number of nitrogens with zero attached hydrogens (tertiary/aromatic N) is 1. The van der Waals surface area contributed by atoms with Gasteiger partial charge in [0.05, 0.1) is 10.7 Å². The summed E-state index contributed by atoms with van der Waals surface area (Å²) in [4.78, 5) is 0. The van der Waals surface area contributed by atoms with Crippen LogP contribution in [-0.2, 0) is 10.2 Å². The summed E-state index contributed by atoms with van der Waals surface area (Å²) in [6.07, 6.45) is 1.79. The van der Waals surface area contributed by atoms with Crippen molar-refractivity contribution in [3.63, 3.8) is 0 Å². The first kappa shape index (κ1) is 15.1. The van der Waals surface area contributed by atoms with E-state index in [0.29, 0.717) is 29.7 Å². The number of piperidine rings is 1. The highest BCUT2D eigenvalue weighted by Gasteiger charge is 2.26. The fraction of sp³-hybridized carbons (Fsp3) is 0.500. The number of benzene rings is 1. The lowest BCUT2D eigenvalue weighted by molar-refractivity contribution is 0.289. The Hall–Kier alpha value is -0.300. The van der Waals surface area contributed by atoms with Crippen LogP contribution in [0.4, 0.5) is 5.69 Å². The van der Waals surface area contributed by atoms with Gasteiger partial charge in [-0.05, 0) is 37.0 Å². The molecule has 0 spiro atoms. The number of rotatable bonds is 3. The van der Waals surface area contributed by atoms with Crippen molar-refractivity contribution in [2.75, 3.05) is 17.8 Å². The Morgan fingerprint density at radius 3 is 2.63 bits per heavy atom. The molecule has 0 radical (unpaired) electrons. The third-order valence-electron chi connectivity index (χ3n) is 3.25. The molecule has 1 N–H and O–H groups in total.